The molecule has 0 spiro atoms. The molecule has 1 aromatic heterocycles. The Morgan fingerprint density at radius 1 is 1.25 bits per heavy atom. The summed E-state index contributed by atoms with van der Waals surface area (Å²) in [6.45, 7) is 10.4. The number of hydrogen-bond acceptors (Lipinski definition) is 5. The van der Waals surface area contributed by atoms with Crippen LogP contribution in [0.1, 0.15) is 22.8 Å². The molecule has 0 aliphatic rings. The molecule has 0 fully saturated rings. The lowest BCUT2D eigenvalue weighted by Gasteiger charge is -2.13. The zero-order valence-electron chi connectivity index (χ0n) is 17.2. The van der Waals surface area contributed by atoms with E-state index in [0.29, 0.717) is 38.8 Å². The van der Waals surface area contributed by atoms with Crippen LogP contribution in [0.2, 0.25) is 0 Å². The Morgan fingerprint density at radius 3 is 2.75 bits per heavy atom. The Bertz CT molecular complexity index is 800. The molecular weight excluding hydrogens is 356 g/mol. The van der Waals surface area contributed by atoms with Crippen molar-refractivity contribution >= 4 is 5.96 Å². The van der Waals surface area contributed by atoms with E-state index >= 15 is 0 Å². The van der Waals surface area contributed by atoms with E-state index < -0.39 is 0 Å². The van der Waals surface area contributed by atoms with Crippen LogP contribution in [-0.4, -0.2) is 47.6 Å². The van der Waals surface area contributed by atoms with Crippen LogP contribution in [0.15, 0.2) is 35.8 Å². The summed E-state index contributed by atoms with van der Waals surface area (Å²) in [6, 6.07) is 6.12. The quantitative estimate of drug-likeness (QED) is 0.281. The van der Waals surface area contributed by atoms with E-state index in [1.807, 2.05) is 37.6 Å². The lowest BCUT2D eigenvalue weighted by molar-refractivity contribution is 0.145. The number of aliphatic imine (C=N–C) groups is 1. The van der Waals surface area contributed by atoms with Crippen LogP contribution >= 0.6 is 0 Å². The summed E-state index contributed by atoms with van der Waals surface area (Å²) in [5.74, 6) is 3.20. The van der Waals surface area contributed by atoms with E-state index in [-0.39, 0.29) is 0 Å². The van der Waals surface area contributed by atoms with Crippen molar-refractivity contribution in [3.8, 4) is 5.75 Å². The highest BCUT2D eigenvalue weighted by Gasteiger charge is 2.08. The second-order valence-corrected chi connectivity index (χ2v) is 6.36. The molecule has 0 unspecified atom stereocenters. The van der Waals surface area contributed by atoms with E-state index in [9.17, 15) is 0 Å². The van der Waals surface area contributed by atoms with Gasteiger partial charge in [0.25, 0.3) is 0 Å². The fraction of sp³-hybridized carbons (Fsp3) is 0.450. The molecule has 0 amide bonds. The van der Waals surface area contributed by atoms with Crippen molar-refractivity contribution in [1.82, 2.24) is 25.4 Å². The molecule has 8 nitrogen and oxygen atoms in total. The molecule has 152 valence electrons. The molecule has 2 rings (SSSR count). The van der Waals surface area contributed by atoms with Crippen LogP contribution in [0.3, 0.4) is 0 Å². The van der Waals surface area contributed by atoms with Crippen molar-refractivity contribution in [2.45, 2.75) is 26.9 Å². The van der Waals surface area contributed by atoms with Crippen LogP contribution in [0.4, 0.5) is 0 Å². The van der Waals surface area contributed by atoms with Crippen molar-refractivity contribution in [3.05, 3.63) is 53.6 Å². The second kappa shape index (κ2) is 11.1. The van der Waals surface area contributed by atoms with Gasteiger partial charge in [-0.05, 0) is 25.5 Å². The summed E-state index contributed by atoms with van der Waals surface area (Å²) < 4.78 is 12.9. The minimum atomic E-state index is 0.479. The molecule has 8 heteroatoms. The first-order chi connectivity index (χ1) is 13.5. The summed E-state index contributed by atoms with van der Waals surface area (Å²) in [5.41, 5.74) is 2.15. The fourth-order valence-electron chi connectivity index (χ4n) is 2.44. The number of nitrogens with one attached hydrogen (secondary N) is 2. The number of benzene rings is 1. The first kappa shape index (κ1) is 21.4. The molecule has 2 N–H and O–H groups in total. The zero-order valence-corrected chi connectivity index (χ0v) is 17.2. The van der Waals surface area contributed by atoms with E-state index in [1.165, 1.54) is 0 Å². The summed E-state index contributed by atoms with van der Waals surface area (Å²) in [4.78, 5) is 4.68. The minimum Gasteiger partial charge on any atom is -0.491 e. The predicted molar refractivity (Wildman–Crippen MR) is 110 cm³/mol. The second-order valence-electron chi connectivity index (χ2n) is 6.36. The van der Waals surface area contributed by atoms with Crippen molar-refractivity contribution < 1.29 is 9.47 Å². The van der Waals surface area contributed by atoms with Crippen molar-refractivity contribution in [2.75, 3.05) is 26.9 Å². The summed E-state index contributed by atoms with van der Waals surface area (Å²) in [7, 11) is 3.60. The lowest BCUT2D eigenvalue weighted by atomic mass is 10.1. The van der Waals surface area contributed by atoms with Gasteiger partial charge in [0.15, 0.2) is 11.8 Å². The Morgan fingerprint density at radius 2 is 2.07 bits per heavy atom. The van der Waals surface area contributed by atoms with E-state index in [4.69, 9.17) is 9.47 Å². The number of rotatable bonds is 10. The molecule has 0 aliphatic heterocycles. The summed E-state index contributed by atoms with van der Waals surface area (Å²) >= 11 is 0. The third-order valence-electron chi connectivity index (χ3n) is 4.19. The molecule has 1 heterocycles. The largest absolute Gasteiger partial charge is 0.491 e. The maximum Gasteiger partial charge on any atom is 0.192 e. The van der Waals surface area contributed by atoms with Crippen molar-refractivity contribution in [3.63, 3.8) is 0 Å². The van der Waals surface area contributed by atoms with Gasteiger partial charge < -0.3 is 24.7 Å². The Balaban J connectivity index is 2.08. The average Bonchev–Trinajstić information content (AvgIpc) is 3.01. The molecule has 0 bridgehead atoms. The van der Waals surface area contributed by atoms with Gasteiger partial charge in [-0.25, -0.2) is 4.99 Å². The minimum absolute atomic E-state index is 0.479. The van der Waals surface area contributed by atoms with Gasteiger partial charge in [-0.1, -0.05) is 18.2 Å². The van der Waals surface area contributed by atoms with E-state index in [1.54, 1.807) is 13.2 Å². The monoisotopic (exact) mass is 386 g/mol. The average molecular weight is 387 g/mol. The van der Waals surface area contributed by atoms with Gasteiger partial charge in [-0.2, -0.15) is 0 Å². The van der Waals surface area contributed by atoms with Crippen LogP contribution in [-0.2, 0) is 24.9 Å². The molecule has 0 aliphatic carbocycles. The van der Waals surface area contributed by atoms with Gasteiger partial charge >= 0.3 is 0 Å². The van der Waals surface area contributed by atoms with Gasteiger partial charge in [0, 0.05) is 26.3 Å². The third kappa shape index (κ3) is 6.38. The number of guanidine groups is 1. The first-order valence-electron chi connectivity index (χ1n) is 9.24. The fourth-order valence-corrected chi connectivity index (χ4v) is 2.44. The molecule has 0 saturated carbocycles. The van der Waals surface area contributed by atoms with E-state index in [2.05, 4.69) is 38.5 Å². The highest BCUT2D eigenvalue weighted by Crippen LogP contribution is 2.21. The zero-order chi connectivity index (χ0) is 20.4. The van der Waals surface area contributed by atoms with Crippen LogP contribution < -0.4 is 15.4 Å². The standard InChI is InChI=1S/C20H30N6O2/c1-6-9-21-20(23-14-19-25-24-16(3)26(19)4)22-13-17-8-7-15(2)12-18(17)28-11-10-27-5/h6-8,12H,1,9-11,13-14H2,2-5H3,(H2,21,22,23). The van der Waals surface area contributed by atoms with Gasteiger partial charge in [0.2, 0.25) is 0 Å². The summed E-state index contributed by atoms with van der Waals surface area (Å²) in [6.07, 6.45) is 1.79. The molecule has 0 radical (unpaired) electrons. The number of aryl methyl sites for hydroxylation is 2. The topological polar surface area (TPSA) is 85.6 Å². The van der Waals surface area contributed by atoms with Gasteiger partial charge in [0.05, 0.1) is 19.7 Å². The Hall–Kier alpha value is -2.87. The normalized spacial score (nSPS) is 11.4. The van der Waals surface area contributed by atoms with Crippen LogP contribution in [0.5, 0.6) is 5.75 Å². The lowest BCUT2D eigenvalue weighted by Crippen LogP contribution is -2.37. The summed E-state index contributed by atoms with van der Waals surface area (Å²) in [5, 5.41) is 14.7. The smallest absolute Gasteiger partial charge is 0.192 e. The van der Waals surface area contributed by atoms with Crippen molar-refractivity contribution in [2.24, 2.45) is 12.0 Å². The number of hydrogen-bond donors (Lipinski definition) is 2. The molecule has 0 saturated heterocycles. The number of ether oxygens (including phenoxy) is 2. The highest BCUT2D eigenvalue weighted by molar-refractivity contribution is 5.79. The predicted octanol–water partition coefficient (Wildman–Crippen LogP) is 1.88. The maximum absolute atomic E-state index is 5.85. The van der Waals surface area contributed by atoms with Crippen molar-refractivity contribution in [1.29, 1.82) is 0 Å². The molecular formula is C20H30N6O2. The maximum atomic E-state index is 5.85. The van der Waals surface area contributed by atoms with E-state index in [0.717, 1.165) is 28.5 Å². The molecule has 1 aromatic carbocycles. The van der Waals surface area contributed by atoms with Crippen LogP contribution in [0.25, 0.3) is 0 Å². The Labute approximate surface area is 166 Å². The SMILES string of the molecule is C=CCNC(=NCc1ccc(C)cc1OCCOC)NCc1nnc(C)n1C. The first-order valence-corrected chi connectivity index (χ1v) is 9.24. The highest BCUT2D eigenvalue weighted by atomic mass is 16.5. The van der Waals surface area contributed by atoms with Gasteiger partial charge in [-0.15, -0.1) is 16.8 Å². The third-order valence-corrected chi connectivity index (χ3v) is 4.19. The van der Waals surface area contributed by atoms with Crippen LogP contribution in [0, 0.1) is 13.8 Å². The molecule has 2 aromatic rings. The van der Waals surface area contributed by atoms with Gasteiger partial charge in [0.1, 0.15) is 18.2 Å². The number of nitrogens with zero attached hydrogens (tertiary/aromatic N) is 4. The van der Waals surface area contributed by atoms with Gasteiger partial charge in [-0.3, -0.25) is 0 Å². The number of methoxy groups -OCH3 is 1. The Kier molecular flexibility index (Phi) is 8.48. The number of aromatic nitrogens is 3. The molecule has 28 heavy (non-hydrogen) atoms. The molecule has 0 atom stereocenters.